The minimum atomic E-state index is -0.473. The molecule has 0 radical (unpaired) electrons. The lowest BCUT2D eigenvalue weighted by molar-refractivity contribution is 0.0453. The molecule has 3 heterocycles. The van der Waals surface area contributed by atoms with Crippen LogP contribution in [-0.2, 0) is 17.7 Å². The van der Waals surface area contributed by atoms with Crippen LogP contribution >= 0.6 is 0 Å². The van der Waals surface area contributed by atoms with E-state index in [1.807, 2.05) is 30.3 Å². The number of likely N-dealkylation sites (tertiary alicyclic amines) is 1. The van der Waals surface area contributed by atoms with Crippen LogP contribution in [0.2, 0.25) is 0 Å². The van der Waals surface area contributed by atoms with Crippen molar-refractivity contribution in [1.29, 1.82) is 0 Å². The van der Waals surface area contributed by atoms with Crippen LogP contribution in [0.3, 0.4) is 0 Å². The Balaban J connectivity index is 1.27. The first-order valence-corrected chi connectivity index (χ1v) is 9.85. The third-order valence-corrected chi connectivity index (χ3v) is 5.43. The van der Waals surface area contributed by atoms with E-state index in [0.717, 1.165) is 18.4 Å². The van der Waals surface area contributed by atoms with Gasteiger partial charge in [-0.1, -0.05) is 35.5 Å². The molecule has 0 saturated carbocycles. The third-order valence-electron chi connectivity index (χ3n) is 5.43. The molecule has 9 heteroatoms. The summed E-state index contributed by atoms with van der Waals surface area (Å²) in [5.41, 5.74) is 0.625. The fraction of sp³-hybridized carbons (Fsp3) is 0.500. The van der Waals surface area contributed by atoms with Crippen molar-refractivity contribution in [2.75, 3.05) is 26.7 Å². The highest BCUT2D eigenvalue weighted by atomic mass is 16.6. The molecular formula is C20H25N5O4. The maximum atomic E-state index is 12.6. The molecule has 1 aromatic carbocycles. The Morgan fingerprint density at radius 3 is 2.83 bits per heavy atom. The Bertz CT molecular complexity index is 871. The highest BCUT2D eigenvalue weighted by Crippen LogP contribution is 2.32. The number of carbonyl (C=O) groups excluding carboxylic acids is 2. The molecule has 1 atom stereocenters. The lowest BCUT2D eigenvalue weighted by Crippen LogP contribution is -2.41. The predicted molar refractivity (Wildman–Crippen MR) is 103 cm³/mol. The van der Waals surface area contributed by atoms with E-state index in [9.17, 15) is 9.59 Å². The molecule has 0 aliphatic carbocycles. The van der Waals surface area contributed by atoms with Gasteiger partial charge >= 0.3 is 12.1 Å². The molecule has 154 valence electrons. The second-order valence-electron chi connectivity index (χ2n) is 7.67. The van der Waals surface area contributed by atoms with Gasteiger partial charge in [0.2, 0.25) is 5.89 Å². The van der Waals surface area contributed by atoms with E-state index in [4.69, 9.17) is 9.26 Å². The number of nitrogens with one attached hydrogen (secondary N) is 1. The average molecular weight is 399 g/mol. The monoisotopic (exact) mass is 399 g/mol. The number of rotatable bonds is 4. The summed E-state index contributed by atoms with van der Waals surface area (Å²) in [6.45, 7) is 1.92. The Kier molecular flexibility index (Phi) is 5.37. The summed E-state index contributed by atoms with van der Waals surface area (Å²) in [6, 6.07) is 9.72. The third kappa shape index (κ3) is 4.49. The number of hydrogen-bond donors (Lipinski definition) is 1. The normalized spacial score (nSPS) is 21.9. The van der Waals surface area contributed by atoms with E-state index in [1.54, 1.807) is 16.8 Å². The molecule has 4 rings (SSSR count). The maximum absolute atomic E-state index is 12.6. The van der Waals surface area contributed by atoms with Crippen LogP contribution in [0.1, 0.15) is 36.5 Å². The summed E-state index contributed by atoms with van der Waals surface area (Å²) in [4.78, 5) is 32.0. The van der Waals surface area contributed by atoms with Gasteiger partial charge in [0.25, 0.3) is 0 Å². The number of ether oxygens (including phenoxy) is 1. The van der Waals surface area contributed by atoms with Gasteiger partial charge < -0.3 is 24.4 Å². The summed E-state index contributed by atoms with van der Waals surface area (Å²) in [7, 11) is 1.74. The molecule has 2 fully saturated rings. The van der Waals surface area contributed by atoms with Gasteiger partial charge in [-0.2, -0.15) is 4.98 Å². The zero-order valence-corrected chi connectivity index (χ0v) is 16.5. The minimum Gasteiger partial charge on any atom is -0.441 e. The Labute approximate surface area is 169 Å². The van der Waals surface area contributed by atoms with Gasteiger partial charge in [0, 0.05) is 33.0 Å². The number of urea groups is 1. The van der Waals surface area contributed by atoms with Gasteiger partial charge in [-0.05, 0) is 18.4 Å². The van der Waals surface area contributed by atoms with Gasteiger partial charge in [0.1, 0.15) is 5.60 Å². The molecule has 9 nitrogen and oxygen atoms in total. The Morgan fingerprint density at radius 2 is 2.07 bits per heavy atom. The predicted octanol–water partition coefficient (Wildman–Crippen LogP) is 2.18. The number of amides is 3. The molecular weight excluding hydrogens is 374 g/mol. The van der Waals surface area contributed by atoms with Crippen molar-refractivity contribution in [3.05, 3.63) is 47.6 Å². The first kappa shape index (κ1) is 19.2. The molecule has 2 aromatic rings. The standard InChI is InChI=1S/C20H25N5O4/c1-24-14-20(28-19(24)27)8-5-10-25(11-9-20)18(26)21-13-17-22-16(23-29-17)12-15-6-3-2-4-7-15/h2-4,6-7H,5,8-14H2,1H3,(H,21,26). The quantitative estimate of drug-likeness (QED) is 0.846. The largest absolute Gasteiger partial charge is 0.441 e. The Morgan fingerprint density at radius 1 is 1.24 bits per heavy atom. The second-order valence-corrected chi connectivity index (χ2v) is 7.67. The number of carbonyl (C=O) groups is 2. The van der Waals surface area contributed by atoms with Crippen LogP contribution in [-0.4, -0.2) is 64.3 Å². The van der Waals surface area contributed by atoms with Gasteiger partial charge in [0.05, 0.1) is 13.1 Å². The highest BCUT2D eigenvalue weighted by molar-refractivity contribution is 5.74. The lowest BCUT2D eigenvalue weighted by Gasteiger charge is -2.25. The van der Waals surface area contributed by atoms with Crippen LogP contribution in [0.15, 0.2) is 34.9 Å². The van der Waals surface area contributed by atoms with Gasteiger partial charge in [0.15, 0.2) is 5.82 Å². The van der Waals surface area contributed by atoms with E-state index in [0.29, 0.717) is 44.2 Å². The van der Waals surface area contributed by atoms with Crippen molar-refractivity contribution < 1.29 is 18.8 Å². The van der Waals surface area contributed by atoms with Crippen LogP contribution in [0.4, 0.5) is 9.59 Å². The molecule has 3 amide bonds. The van der Waals surface area contributed by atoms with Crippen molar-refractivity contribution in [3.8, 4) is 0 Å². The number of aromatic nitrogens is 2. The molecule has 1 spiro atoms. The van der Waals surface area contributed by atoms with Crippen molar-refractivity contribution in [2.45, 2.75) is 37.8 Å². The summed E-state index contributed by atoms with van der Waals surface area (Å²) < 4.78 is 10.8. The molecule has 1 aromatic heterocycles. The SMILES string of the molecule is CN1CC2(CCCN(C(=O)NCc3nc(Cc4ccccc4)no3)CC2)OC1=O. The van der Waals surface area contributed by atoms with Crippen molar-refractivity contribution in [1.82, 2.24) is 25.3 Å². The average Bonchev–Trinajstić information content (AvgIpc) is 3.20. The minimum absolute atomic E-state index is 0.178. The van der Waals surface area contributed by atoms with Crippen LogP contribution in [0.25, 0.3) is 0 Å². The summed E-state index contributed by atoms with van der Waals surface area (Å²) in [5, 5.41) is 6.82. The van der Waals surface area contributed by atoms with E-state index in [-0.39, 0.29) is 18.7 Å². The van der Waals surface area contributed by atoms with E-state index in [2.05, 4.69) is 15.5 Å². The first-order valence-electron chi connectivity index (χ1n) is 9.85. The van der Waals surface area contributed by atoms with E-state index in [1.165, 1.54) is 0 Å². The van der Waals surface area contributed by atoms with E-state index < -0.39 is 5.60 Å². The molecule has 1 unspecified atom stereocenters. The van der Waals surface area contributed by atoms with Crippen molar-refractivity contribution in [2.24, 2.45) is 0 Å². The second kappa shape index (κ2) is 8.10. The zero-order chi connectivity index (χ0) is 20.3. The zero-order valence-electron chi connectivity index (χ0n) is 16.5. The molecule has 2 aliphatic heterocycles. The molecule has 29 heavy (non-hydrogen) atoms. The number of benzene rings is 1. The van der Waals surface area contributed by atoms with Gasteiger partial charge in [-0.25, -0.2) is 9.59 Å². The van der Waals surface area contributed by atoms with Crippen LogP contribution < -0.4 is 5.32 Å². The van der Waals surface area contributed by atoms with Crippen LogP contribution in [0.5, 0.6) is 0 Å². The smallest absolute Gasteiger partial charge is 0.410 e. The fourth-order valence-electron chi connectivity index (χ4n) is 3.90. The van der Waals surface area contributed by atoms with E-state index >= 15 is 0 Å². The number of likely N-dealkylation sites (N-methyl/N-ethyl adjacent to an activating group) is 1. The summed E-state index contributed by atoms with van der Waals surface area (Å²) >= 11 is 0. The Hall–Kier alpha value is -3.10. The summed E-state index contributed by atoms with van der Waals surface area (Å²) in [6.07, 6.45) is 2.48. The fourth-order valence-corrected chi connectivity index (χ4v) is 3.90. The number of nitrogens with zero attached hydrogens (tertiary/aromatic N) is 4. The lowest BCUT2D eigenvalue weighted by atomic mass is 9.95. The van der Waals surface area contributed by atoms with Crippen molar-refractivity contribution >= 4 is 12.1 Å². The van der Waals surface area contributed by atoms with Crippen LogP contribution in [0, 0.1) is 0 Å². The first-order chi connectivity index (χ1) is 14.0. The molecule has 2 saturated heterocycles. The highest BCUT2D eigenvalue weighted by Gasteiger charge is 2.44. The molecule has 2 aliphatic rings. The van der Waals surface area contributed by atoms with Gasteiger partial charge in [-0.3, -0.25) is 0 Å². The maximum Gasteiger partial charge on any atom is 0.410 e. The molecule has 1 N–H and O–H groups in total. The van der Waals surface area contributed by atoms with Crippen molar-refractivity contribution in [3.63, 3.8) is 0 Å². The molecule has 0 bridgehead atoms. The van der Waals surface area contributed by atoms with Gasteiger partial charge in [-0.15, -0.1) is 0 Å². The summed E-state index contributed by atoms with van der Waals surface area (Å²) in [5.74, 6) is 0.964. The number of hydrogen-bond acceptors (Lipinski definition) is 6. The topological polar surface area (TPSA) is 101 Å².